The third-order valence-electron chi connectivity index (χ3n) is 3.79. The molecule has 1 N–H and O–H groups in total. The minimum absolute atomic E-state index is 0.111. The fourth-order valence-electron chi connectivity index (χ4n) is 2.91. The van der Waals surface area contributed by atoms with Crippen LogP contribution in [0, 0.1) is 5.92 Å². The summed E-state index contributed by atoms with van der Waals surface area (Å²) in [5.74, 6) is 1.33. The van der Waals surface area contributed by atoms with Gasteiger partial charge in [-0.25, -0.2) is 9.89 Å². The highest BCUT2D eigenvalue weighted by molar-refractivity contribution is 4.91. The molecule has 1 aromatic heterocycles. The first-order valence-electron chi connectivity index (χ1n) is 7.38. The Labute approximate surface area is 114 Å². The molecule has 1 heterocycles. The van der Waals surface area contributed by atoms with Gasteiger partial charge in [0, 0.05) is 6.54 Å². The van der Waals surface area contributed by atoms with E-state index in [2.05, 4.69) is 10.2 Å². The average Bonchev–Trinajstić information content (AvgIpc) is 2.72. The van der Waals surface area contributed by atoms with Crippen LogP contribution in [-0.2, 0) is 11.3 Å². The Hall–Kier alpha value is -1.10. The lowest BCUT2D eigenvalue weighted by atomic mass is 9.89. The summed E-state index contributed by atoms with van der Waals surface area (Å²) < 4.78 is 7.50. The standard InChI is InChI=1S/C14H25N3O2/c1-10(2)19-11(3)13-15-16-14(18)17(13)9-12-7-5-4-6-8-12/h10-12H,4-9H2,1-3H3,(H,16,18). The summed E-state index contributed by atoms with van der Waals surface area (Å²) >= 11 is 0. The topological polar surface area (TPSA) is 59.9 Å². The van der Waals surface area contributed by atoms with E-state index in [0.717, 1.165) is 12.4 Å². The predicted molar refractivity (Wildman–Crippen MR) is 74.1 cm³/mol. The maximum absolute atomic E-state index is 11.9. The van der Waals surface area contributed by atoms with Gasteiger partial charge in [-0.3, -0.25) is 4.57 Å². The fraction of sp³-hybridized carbons (Fsp3) is 0.857. The second kappa shape index (κ2) is 6.37. The quantitative estimate of drug-likeness (QED) is 0.892. The lowest BCUT2D eigenvalue weighted by Gasteiger charge is -2.23. The van der Waals surface area contributed by atoms with Crippen LogP contribution in [-0.4, -0.2) is 20.9 Å². The molecule has 1 unspecified atom stereocenters. The first-order valence-corrected chi connectivity index (χ1v) is 7.38. The highest BCUT2D eigenvalue weighted by atomic mass is 16.5. The second-order valence-corrected chi connectivity index (χ2v) is 5.83. The number of nitrogens with one attached hydrogen (secondary N) is 1. The molecule has 5 heteroatoms. The normalized spacial score (nSPS) is 18.9. The maximum atomic E-state index is 11.9. The Morgan fingerprint density at radius 2 is 2.00 bits per heavy atom. The highest BCUT2D eigenvalue weighted by Gasteiger charge is 2.21. The zero-order chi connectivity index (χ0) is 13.8. The first-order chi connectivity index (χ1) is 9.08. The van der Waals surface area contributed by atoms with E-state index in [4.69, 9.17) is 4.74 Å². The van der Waals surface area contributed by atoms with E-state index in [1.807, 2.05) is 20.8 Å². The molecule has 108 valence electrons. The van der Waals surface area contributed by atoms with Crippen molar-refractivity contribution in [1.82, 2.24) is 14.8 Å². The van der Waals surface area contributed by atoms with Crippen LogP contribution < -0.4 is 5.69 Å². The highest BCUT2D eigenvalue weighted by Crippen LogP contribution is 2.25. The van der Waals surface area contributed by atoms with Crippen molar-refractivity contribution in [3.63, 3.8) is 0 Å². The minimum atomic E-state index is -0.150. The molecule has 1 aromatic rings. The summed E-state index contributed by atoms with van der Waals surface area (Å²) in [6.07, 6.45) is 6.31. The van der Waals surface area contributed by atoms with Crippen molar-refractivity contribution in [2.45, 2.75) is 71.6 Å². The second-order valence-electron chi connectivity index (χ2n) is 5.83. The number of hydrogen-bond donors (Lipinski definition) is 1. The van der Waals surface area contributed by atoms with Crippen LogP contribution in [0.25, 0.3) is 0 Å². The molecular weight excluding hydrogens is 242 g/mol. The molecule has 0 bridgehead atoms. The van der Waals surface area contributed by atoms with Crippen LogP contribution in [0.1, 0.15) is 64.8 Å². The fourth-order valence-corrected chi connectivity index (χ4v) is 2.91. The number of H-pyrrole nitrogens is 1. The van der Waals surface area contributed by atoms with Crippen molar-refractivity contribution in [3.05, 3.63) is 16.3 Å². The third-order valence-corrected chi connectivity index (χ3v) is 3.79. The van der Waals surface area contributed by atoms with Crippen LogP contribution >= 0.6 is 0 Å². The van der Waals surface area contributed by atoms with E-state index in [1.54, 1.807) is 4.57 Å². The molecule has 1 aliphatic carbocycles. The molecule has 0 saturated heterocycles. The Kier molecular flexibility index (Phi) is 4.80. The van der Waals surface area contributed by atoms with E-state index in [1.165, 1.54) is 32.1 Å². The number of rotatable bonds is 5. The van der Waals surface area contributed by atoms with E-state index in [9.17, 15) is 4.79 Å². The largest absolute Gasteiger partial charge is 0.368 e. The number of ether oxygens (including phenoxy) is 1. The summed E-state index contributed by atoms with van der Waals surface area (Å²) in [6, 6.07) is 0. The smallest absolute Gasteiger partial charge is 0.343 e. The zero-order valence-corrected chi connectivity index (χ0v) is 12.2. The molecule has 0 spiro atoms. The first kappa shape index (κ1) is 14.3. The maximum Gasteiger partial charge on any atom is 0.343 e. The summed E-state index contributed by atoms with van der Waals surface area (Å²) in [6.45, 7) is 6.71. The van der Waals surface area contributed by atoms with E-state index < -0.39 is 0 Å². The average molecular weight is 267 g/mol. The Bertz CT molecular complexity index is 444. The Morgan fingerprint density at radius 3 is 2.63 bits per heavy atom. The van der Waals surface area contributed by atoms with Gasteiger partial charge in [-0.1, -0.05) is 19.3 Å². The van der Waals surface area contributed by atoms with E-state index in [-0.39, 0.29) is 17.9 Å². The number of hydrogen-bond acceptors (Lipinski definition) is 3. The summed E-state index contributed by atoms with van der Waals surface area (Å²) in [7, 11) is 0. The summed E-state index contributed by atoms with van der Waals surface area (Å²) in [4.78, 5) is 11.9. The molecule has 2 rings (SSSR count). The SMILES string of the molecule is CC(C)OC(C)c1n[nH]c(=O)n1CC1CCCCC1. The van der Waals surface area contributed by atoms with Crippen LogP contribution in [0.3, 0.4) is 0 Å². The van der Waals surface area contributed by atoms with Crippen molar-refractivity contribution in [2.75, 3.05) is 0 Å². The van der Waals surface area contributed by atoms with Gasteiger partial charge in [-0.05, 0) is 39.5 Å². The van der Waals surface area contributed by atoms with Gasteiger partial charge < -0.3 is 4.74 Å². The summed E-state index contributed by atoms with van der Waals surface area (Å²) in [5.41, 5.74) is -0.111. The Balaban J connectivity index is 2.10. The van der Waals surface area contributed by atoms with Crippen LogP contribution in [0.15, 0.2) is 4.79 Å². The lowest BCUT2D eigenvalue weighted by molar-refractivity contribution is 0.0101. The molecule has 5 nitrogen and oxygen atoms in total. The molecule has 0 amide bonds. The predicted octanol–water partition coefficient (Wildman–Crippen LogP) is 2.64. The summed E-state index contributed by atoms with van der Waals surface area (Å²) in [5, 5.41) is 6.69. The van der Waals surface area contributed by atoms with Crippen LogP contribution in [0.2, 0.25) is 0 Å². The van der Waals surface area contributed by atoms with Gasteiger partial charge in [0.15, 0.2) is 5.82 Å². The molecule has 1 aliphatic rings. The number of nitrogens with zero attached hydrogens (tertiary/aromatic N) is 2. The zero-order valence-electron chi connectivity index (χ0n) is 12.2. The molecule has 0 aromatic carbocycles. The van der Waals surface area contributed by atoms with Crippen LogP contribution in [0.4, 0.5) is 0 Å². The van der Waals surface area contributed by atoms with Crippen molar-refractivity contribution in [2.24, 2.45) is 5.92 Å². The molecule has 1 fully saturated rings. The van der Waals surface area contributed by atoms with Crippen LogP contribution in [0.5, 0.6) is 0 Å². The lowest BCUT2D eigenvalue weighted by Crippen LogP contribution is -2.26. The van der Waals surface area contributed by atoms with Gasteiger partial charge in [0.05, 0.1) is 6.10 Å². The molecular formula is C14H25N3O2. The van der Waals surface area contributed by atoms with Gasteiger partial charge in [0.2, 0.25) is 0 Å². The van der Waals surface area contributed by atoms with Gasteiger partial charge in [0.25, 0.3) is 0 Å². The molecule has 0 aliphatic heterocycles. The van der Waals surface area contributed by atoms with Gasteiger partial charge in [-0.2, -0.15) is 5.10 Å². The third kappa shape index (κ3) is 3.69. The van der Waals surface area contributed by atoms with Gasteiger partial charge >= 0.3 is 5.69 Å². The van der Waals surface area contributed by atoms with E-state index >= 15 is 0 Å². The van der Waals surface area contributed by atoms with Crippen molar-refractivity contribution in [3.8, 4) is 0 Å². The van der Waals surface area contributed by atoms with Crippen molar-refractivity contribution < 1.29 is 4.74 Å². The minimum Gasteiger partial charge on any atom is -0.368 e. The number of aromatic amines is 1. The molecule has 19 heavy (non-hydrogen) atoms. The molecule has 0 radical (unpaired) electrons. The molecule has 1 atom stereocenters. The van der Waals surface area contributed by atoms with Gasteiger partial charge in [0.1, 0.15) is 6.10 Å². The van der Waals surface area contributed by atoms with E-state index in [0.29, 0.717) is 5.92 Å². The van der Waals surface area contributed by atoms with Crippen molar-refractivity contribution >= 4 is 0 Å². The van der Waals surface area contributed by atoms with Crippen molar-refractivity contribution in [1.29, 1.82) is 0 Å². The number of aromatic nitrogens is 3. The monoisotopic (exact) mass is 267 g/mol. The molecule has 1 saturated carbocycles. The van der Waals surface area contributed by atoms with Gasteiger partial charge in [-0.15, -0.1) is 0 Å². The Morgan fingerprint density at radius 1 is 1.32 bits per heavy atom.